The highest BCUT2D eigenvalue weighted by Crippen LogP contribution is 2.03. The van der Waals surface area contributed by atoms with Gasteiger partial charge >= 0.3 is 5.69 Å². The zero-order valence-electron chi connectivity index (χ0n) is 5.22. The van der Waals surface area contributed by atoms with Crippen LogP contribution in [0.15, 0.2) is 29.1 Å². The third-order valence-electron chi connectivity index (χ3n) is 1.42. The van der Waals surface area contributed by atoms with Crippen LogP contribution in [0, 0.1) is 0 Å². The third-order valence-corrected chi connectivity index (χ3v) is 1.42. The third kappa shape index (κ3) is 0.639. The molecule has 2 aromatic rings. The summed E-state index contributed by atoms with van der Waals surface area (Å²) in [6.07, 6.45) is 0. The Labute approximate surface area is 59.7 Å². The van der Waals surface area contributed by atoms with E-state index < -0.39 is 0 Å². The summed E-state index contributed by atoms with van der Waals surface area (Å²) < 4.78 is 0. The van der Waals surface area contributed by atoms with Gasteiger partial charge in [0, 0.05) is 2.85 Å². The smallest absolute Gasteiger partial charge is 0.306 e. The molecule has 1 heterocycles. The number of hydrogen-bond acceptors (Lipinski definition) is 1. The zero-order chi connectivity index (χ0) is 6.97. The van der Waals surface area contributed by atoms with Crippen molar-refractivity contribution < 1.29 is 2.85 Å². The molecule has 1 aromatic carbocycles. The number of nitrogens with one attached hydrogen (secondary N) is 2. The Morgan fingerprint density at radius 3 is 2.10 bits per heavy atom. The molecule has 3 nitrogen and oxygen atoms in total. The second-order valence-corrected chi connectivity index (χ2v) is 2.12. The van der Waals surface area contributed by atoms with Crippen LogP contribution in [0.25, 0.3) is 11.0 Å². The number of aromatic amines is 2. The van der Waals surface area contributed by atoms with E-state index in [4.69, 9.17) is 0 Å². The number of hydrogen-bond donors (Lipinski definition) is 2. The molecular formula is C7H10N2O. The van der Waals surface area contributed by atoms with Gasteiger partial charge < -0.3 is 9.97 Å². The van der Waals surface area contributed by atoms with Crippen molar-refractivity contribution in [3.63, 3.8) is 0 Å². The van der Waals surface area contributed by atoms with E-state index in [0.717, 1.165) is 11.0 Å². The van der Waals surface area contributed by atoms with Crippen molar-refractivity contribution in [3.8, 4) is 0 Å². The summed E-state index contributed by atoms with van der Waals surface area (Å²) in [5.41, 5.74) is 1.56. The Kier molecular flexibility index (Phi) is 0.917. The average Bonchev–Trinajstić information content (AvgIpc) is 2.27. The van der Waals surface area contributed by atoms with Gasteiger partial charge in [-0.3, -0.25) is 0 Å². The predicted molar refractivity (Wildman–Crippen MR) is 43.1 cm³/mol. The number of fused-ring (bicyclic) bond motifs is 1. The molecule has 1 aromatic heterocycles. The fourth-order valence-electron chi connectivity index (χ4n) is 0.977. The first-order valence-corrected chi connectivity index (χ1v) is 3.03. The van der Waals surface area contributed by atoms with Crippen LogP contribution in [0.3, 0.4) is 0 Å². The van der Waals surface area contributed by atoms with Gasteiger partial charge in [-0.2, -0.15) is 0 Å². The van der Waals surface area contributed by atoms with E-state index in [9.17, 15) is 4.79 Å². The second kappa shape index (κ2) is 1.73. The average molecular weight is 138 g/mol. The van der Waals surface area contributed by atoms with E-state index in [-0.39, 0.29) is 8.54 Å². The number of benzene rings is 1. The molecule has 0 saturated carbocycles. The Bertz CT molecular complexity index is 371. The lowest BCUT2D eigenvalue weighted by molar-refractivity contribution is 1.22. The molecule has 0 aliphatic heterocycles. The van der Waals surface area contributed by atoms with Gasteiger partial charge in [-0.1, -0.05) is 12.1 Å². The lowest BCUT2D eigenvalue weighted by Gasteiger charge is -1.81. The molecule has 3 heteroatoms. The Morgan fingerprint density at radius 2 is 1.60 bits per heavy atom. The number of rotatable bonds is 0. The quantitative estimate of drug-likeness (QED) is 0.567. The van der Waals surface area contributed by atoms with Crippen LogP contribution in [0.5, 0.6) is 0 Å². The topological polar surface area (TPSA) is 48.6 Å². The summed E-state index contributed by atoms with van der Waals surface area (Å²) in [6, 6.07) is 7.47. The van der Waals surface area contributed by atoms with Gasteiger partial charge in [0.05, 0.1) is 11.0 Å². The minimum Gasteiger partial charge on any atom is -0.306 e. The van der Waals surface area contributed by atoms with E-state index in [2.05, 4.69) is 9.97 Å². The summed E-state index contributed by atoms with van der Waals surface area (Å²) >= 11 is 0. The van der Waals surface area contributed by atoms with E-state index in [1.165, 1.54) is 0 Å². The highest BCUT2D eigenvalue weighted by Gasteiger charge is 1.92. The van der Waals surface area contributed by atoms with Crippen molar-refractivity contribution in [3.05, 3.63) is 34.7 Å². The molecule has 0 spiro atoms. The largest absolute Gasteiger partial charge is 0.323 e. The van der Waals surface area contributed by atoms with Crippen LogP contribution in [0.2, 0.25) is 0 Å². The van der Waals surface area contributed by atoms with E-state index in [1.807, 2.05) is 24.3 Å². The molecule has 0 amide bonds. The summed E-state index contributed by atoms with van der Waals surface area (Å²) in [7, 11) is 0. The van der Waals surface area contributed by atoms with Crippen molar-refractivity contribution in [2.24, 2.45) is 0 Å². The maximum atomic E-state index is 10.7. The fraction of sp³-hybridized carbons (Fsp3) is 0. The van der Waals surface area contributed by atoms with Gasteiger partial charge in [0.1, 0.15) is 0 Å². The van der Waals surface area contributed by atoms with Gasteiger partial charge in [0.2, 0.25) is 0 Å². The summed E-state index contributed by atoms with van der Waals surface area (Å²) in [6.45, 7) is 0. The maximum Gasteiger partial charge on any atom is 0.323 e. The molecule has 0 saturated heterocycles. The van der Waals surface area contributed by atoms with Gasteiger partial charge in [0.15, 0.2) is 0 Å². The van der Waals surface area contributed by atoms with E-state index in [0.29, 0.717) is 0 Å². The second-order valence-electron chi connectivity index (χ2n) is 2.12. The lowest BCUT2D eigenvalue weighted by Crippen LogP contribution is -1.99. The summed E-state index contributed by atoms with van der Waals surface area (Å²) in [4.78, 5) is 16.0. The molecule has 0 fully saturated rings. The standard InChI is InChI=1S/C7H6N2O.2H2/c10-7-8-5-3-1-2-4-6(5)9-7;;/h1-4H,(H2,8,9,10);2*1H. The molecule has 2 rings (SSSR count). The molecule has 0 aliphatic carbocycles. The molecule has 0 aliphatic rings. The van der Waals surface area contributed by atoms with Crippen LogP contribution in [-0.2, 0) is 0 Å². The van der Waals surface area contributed by atoms with E-state index >= 15 is 0 Å². The normalized spacial score (nSPS) is 10.4. The molecule has 2 N–H and O–H groups in total. The Morgan fingerprint density at radius 1 is 1.10 bits per heavy atom. The molecule has 10 heavy (non-hydrogen) atoms. The minimum atomic E-state index is -0.152. The van der Waals surface area contributed by atoms with Gasteiger partial charge in [-0.25, -0.2) is 4.79 Å². The van der Waals surface area contributed by atoms with Gasteiger partial charge in [-0.15, -0.1) is 0 Å². The van der Waals surface area contributed by atoms with Crippen LogP contribution in [0.1, 0.15) is 2.85 Å². The highest BCUT2D eigenvalue weighted by molar-refractivity contribution is 5.73. The minimum absolute atomic E-state index is 0. The van der Waals surface area contributed by atoms with Crippen molar-refractivity contribution in [1.29, 1.82) is 0 Å². The monoisotopic (exact) mass is 138 g/mol. The SMILES string of the molecule is O=c1[nH]c2ccccc2[nH]1.[HH].[HH]. The first-order chi connectivity index (χ1) is 4.86. The first kappa shape index (κ1) is 5.29. The molecule has 0 bridgehead atoms. The Balaban J connectivity index is 0.000000605. The predicted octanol–water partition coefficient (Wildman–Crippen LogP) is 1.35. The number of imidazole rings is 1. The molecule has 0 radical (unpaired) electrons. The van der Waals surface area contributed by atoms with Gasteiger partial charge in [-0.05, 0) is 12.1 Å². The summed E-state index contributed by atoms with van der Waals surface area (Å²) in [5, 5.41) is 0. The molecule has 0 unspecified atom stereocenters. The Hall–Kier alpha value is -1.51. The fourth-order valence-corrected chi connectivity index (χ4v) is 0.977. The molecule has 0 atom stereocenters. The van der Waals surface area contributed by atoms with Crippen LogP contribution < -0.4 is 5.69 Å². The lowest BCUT2D eigenvalue weighted by atomic mass is 10.3. The molecular weight excluding hydrogens is 128 g/mol. The number of H-pyrrole nitrogens is 2. The number of para-hydroxylation sites is 2. The first-order valence-electron chi connectivity index (χ1n) is 3.03. The van der Waals surface area contributed by atoms with Crippen LogP contribution in [-0.4, -0.2) is 9.97 Å². The van der Waals surface area contributed by atoms with Crippen molar-refractivity contribution in [2.75, 3.05) is 0 Å². The summed E-state index contributed by atoms with van der Waals surface area (Å²) in [5.74, 6) is 0. The van der Waals surface area contributed by atoms with Gasteiger partial charge in [0.25, 0.3) is 0 Å². The van der Waals surface area contributed by atoms with Crippen LogP contribution in [0.4, 0.5) is 0 Å². The number of aromatic nitrogens is 2. The zero-order valence-corrected chi connectivity index (χ0v) is 5.22. The highest BCUT2D eigenvalue weighted by atomic mass is 16.1. The maximum absolute atomic E-state index is 10.7. The van der Waals surface area contributed by atoms with Crippen LogP contribution >= 0.6 is 0 Å². The van der Waals surface area contributed by atoms with Crippen molar-refractivity contribution >= 4 is 11.0 Å². The molecule has 54 valence electrons. The van der Waals surface area contributed by atoms with Crippen molar-refractivity contribution in [2.45, 2.75) is 0 Å². The van der Waals surface area contributed by atoms with Crippen molar-refractivity contribution in [1.82, 2.24) is 9.97 Å². The van der Waals surface area contributed by atoms with E-state index in [1.54, 1.807) is 0 Å².